The van der Waals surface area contributed by atoms with Crippen LogP contribution in [0.3, 0.4) is 0 Å². The van der Waals surface area contributed by atoms with Crippen molar-refractivity contribution in [3.05, 3.63) is 5.70 Å². The van der Waals surface area contributed by atoms with Crippen molar-refractivity contribution in [3.63, 3.8) is 0 Å². The molecule has 0 fully saturated rings. The van der Waals surface area contributed by atoms with Crippen LogP contribution >= 0.6 is 12.4 Å². The van der Waals surface area contributed by atoms with Crippen LogP contribution in [0.4, 0.5) is 0 Å². The van der Waals surface area contributed by atoms with Crippen molar-refractivity contribution >= 4 is 18.3 Å². The van der Waals surface area contributed by atoms with E-state index >= 15 is 0 Å². The summed E-state index contributed by atoms with van der Waals surface area (Å²) < 4.78 is 0. The van der Waals surface area contributed by atoms with Crippen LogP contribution in [0.25, 0.3) is 0 Å². The molecule has 0 aliphatic heterocycles. The van der Waals surface area contributed by atoms with E-state index in [1.165, 1.54) is 0 Å². The molecule has 0 unspecified atom stereocenters. The molecule has 0 spiro atoms. The number of halogens is 1. The van der Waals surface area contributed by atoms with Gasteiger partial charge in [-0.1, -0.05) is 0 Å². The van der Waals surface area contributed by atoms with E-state index in [0.29, 0.717) is 0 Å². The van der Waals surface area contributed by atoms with E-state index in [0.717, 1.165) is 25.2 Å². The molecular formula is C8H18ClN3. The molecule has 4 heteroatoms. The molecule has 0 amide bonds. The van der Waals surface area contributed by atoms with Gasteiger partial charge in [-0.2, -0.15) is 0 Å². The smallest absolute Gasteiger partial charge is 0.0717 e. The molecule has 2 N–H and O–H groups in total. The van der Waals surface area contributed by atoms with Crippen molar-refractivity contribution < 1.29 is 0 Å². The Kier molecular flexibility index (Phi) is 10.1. The van der Waals surface area contributed by atoms with Gasteiger partial charge in [0.2, 0.25) is 0 Å². The number of rotatable bonds is 4. The Balaban J connectivity index is 0. The second kappa shape index (κ2) is 8.60. The maximum atomic E-state index is 5.59. The highest BCUT2D eigenvalue weighted by molar-refractivity contribution is 5.85. The lowest BCUT2D eigenvalue weighted by molar-refractivity contribution is 0.413. The average molecular weight is 192 g/mol. The Morgan fingerprint density at radius 1 is 1.50 bits per heavy atom. The van der Waals surface area contributed by atoms with E-state index < -0.39 is 0 Å². The van der Waals surface area contributed by atoms with Crippen LogP contribution in [-0.2, 0) is 0 Å². The molecule has 0 aliphatic carbocycles. The third-order valence-corrected chi connectivity index (χ3v) is 1.21. The van der Waals surface area contributed by atoms with Gasteiger partial charge in [0, 0.05) is 25.4 Å². The Morgan fingerprint density at radius 2 is 2.08 bits per heavy atom. The molecule has 72 valence electrons. The molecule has 0 atom stereocenters. The maximum Gasteiger partial charge on any atom is 0.0717 e. The van der Waals surface area contributed by atoms with Crippen LogP contribution in [0.2, 0.25) is 0 Å². The maximum absolute atomic E-state index is 5.59. The zero-order valence-corrected chi connectivity index (χ0v) is 8.82. The standard InChI is InChI=1S/C8H17N3.ClH/c1-4-10-7-8(9)5-6-11(2)3;/h4-6,9H2,1-3H3;1H. The van der Waals surface area contributed by atoms with Gasteiger partial charge in [0.25, 0.3) is 0 Å². The van der Waals surface area contributed by atoms with Gasteiger partial charge in [-0.25, -0.2) is 4.99 Å². The molecule has 0 aromatic rings. The highest BCUT2D eigenvalue weighted by Gasteiger charge is 1.91. The van der Waals surface area contributed by atoms with Gasteiger partial charge in [-0.05, 0) is 21.0 Å². The highest BCUT2D eigenvalue weighted by Crippen LogP contribution is 1.88. The van der Waals surface area contributed by atoms with E-state index in [1.54, 1.807) is 0 Å². The molecule has 12 heavy (non-hydrogen) atoms. The summed E-state index contributed by atoms with van der Waals surface area (Å²) in [6.45, 7) is 3.67. The monoisotopic (exact) mass is 191 g/mol. The van der Waals surface area contributed by atoms with Crippen LogP contribution < -0.4 is 5.73 Å². The van der Waals surface area contributed by atoms with Crippen LogP contribution in [0.5, 0.6) is 0 Å². The van der Waals surface area contributed by atoms with Gasteiger partial charge in [-0.3, -0.25) is 0 Å². The van der Waals surface area contributed by atoms with Crippen LogP contribution in [0.1, 0.15) is 13.3 Å². The lowest BCUT2D eigenvalue weighted by Crippen LogP contribution is -2.15. The summed E-state index contributed by atoms with van der Waals surface area (Å²) in [7, 11) is 4.04. The molecule has 0 saturated heterocycles. The van der Waals surface area contributed by atoms with Crippen molar-refractivity contribution in [1.82, 2.24) is 4.90 Å². The van der Waals surface area contributed by atoms with E-state index in [9.17, 15) is 0 Å². The summed E-state index contributed by atoms with van der Waals surface area (Å²) in [6.07, 6.45) is 0.844. The van der Waals surface area contributed by atoms with Gasteiger partial charge in [-0.15, -0.1) is 12.4 Å². The van der Waals surface area contributed by atoms with Gasteiger partial charge in [0.1, 0.15) is 0 Å². The largest absolute Gasteiger partial charge is 0.394 e. The fraction of sp³-hybridized carbons (Fsp3) is 0.750. The fourth-order valence-corrected chi connectivity index (χ4v) is 0.581. The molecule has 0 saturated carbocycles. The summed E-state index contributed by atoms with van der Waals surface area (Å²) in [5, 5.41) is 0. The predicted molar refractivity (Wildman–Crippen MR) is 56.1 cm³/mol. The van der Waals surface area contributed by atoms with Crippen LogP contribution in [-0.4, -0.2) is 38.0 Å². The molecule has 0 aliphatic rings. The summed E-state index contributed by atoms with van der Waals surface area (Å²) in [5.74, 6) is 2.78. The van der Waals surface area contributed by atoms with E-state index in [2.05, 4.69) is 15.8 Å². The predicted octanol–water partition coefficient (Wildman–Crippen LogP) is 0.892. The summed E-state index contributed by atoms with van der Waals surface area (Å²) in [5.41, 5.74) is 6.33. The number of hydrogen-bond acceptors (Lipinski definition) is 3. The molecule has 0 aromatic carbocycles. The van der Waals surface area contributed by atoms with Crippen molar-refractivity contribution in [2.24, 2.45) is 10.7 Å². The second-order valence-corrected chi connectivity index (χ2v) is 2.66. The van der Waals surface area contributed by atoms with Crippen molar-refractivity contribution in [2.75, 3.05) is 27.2 Å². The third-order valence-electron chi connectivity index (χ3n) is 1.21. The normalized spacial score (nSPS) is 8.67. The first-order valence-electron chi connectivity index (χ1n) is 3.85. The third kappa shape index (κ3) is 9.50. The molecule has 0 radical (unpaired) electrons. The summed E-state index contributed by atoms with van der Waals surface area (Å²) >= 11 is 0. The first-order valence-corrected chi connectivity index (χ1v) is 3.85. The van der Waals surface area contributed by atoms with Gasteiger partial charge in [0.15, 0.2) is 0 Å². The van der Waals surface area contributed by atoms with Crippen LogP contribution in [0.15, 0.2) is 10.7 Å². The minimum atomic E-state index is 0. The number of nitrogens with zero attached hydrogens (tertiary/aromatic N) is 2. The number of aliphatic imine (C=N–C) groups is 1. The van der Waals surface area contributed by atoms with E-state index in [4.69, 9.17) is 5.73 Å². The molecule has 0 heterocycles. The summed E-state index contributed by atoms with van der Waals surface area (Å²) in [4.78, 5) is 6.00. The Hall–Kier alpha value is -0.500. The number of nitrogens with two attached hydrogens (primary N) is 1. The zero-order chi connectivity index (χ0) is 8.69. The lowest BCUT2D eigenvalue weighted by atomic mass is 10.3. The minimum absolute atomic E-state index is 0. The topological polar surface area (TPSA) is 41.6 Å². The van der Waals surface area contributed by atoms with Gasteiger partial charge < -0.3 is 10.6 Å². The Bertz CT molecular complexity index is 160. The van der Waals surface area contributed by atoms with E-state index in [1.807, 2.05) is 21.0 Å². The molecule has 3 nitrogen and oxygen atoms in total. The lowest BCUT2D eigenvalue weighted by Gasteiger charge is -2.06. The van der Waals surface area contributed by atoms with Crippen LogP contribution in [0, 0.1) is 0 Å². The molecule has 0 bridgehead atoms. The fourth-order valence-electron chi connectivity index (χ4n) is 0.581. The molecular weight excluding hydrogens is 174 g/mol. The second-order valence-electron chi connectivity index (χ2n) is 2.66. The number of hydrogen-bond donors (Lipinski definition) is 1. The van der Waals surface area contributed by atoms with Crippen molar-refractivity contribution in [3.8, 4) is 0 Å². The zero-order valence-electron chi connectivity index (χ0n) is 8.00. The minimum Gasteiger partial charge on any atom is -0.394 e. The van der Waals surface area contributed by atoms with Crippen molar-refractivity contribution in [1.29, 1.82) is 0 Å². The SMILES string of the molecule is CCN=C=C(N)CCN(C)C.Cl. The van der Waals surface area contributed by atoms with Gasteiger partial charge >= 0.3 is 0 Å². The first-order chi connectivity index (χ1) is 5.16. The molecule has 0 rings (SSSR count). The average Bonchev–Trinajstić information content (AvgIpc) is 1.97. The highest BCUT2D eigenvalue weighted by atomic mass is 35.5. The first kappa shape index (κ1) is 14.0. The Labute approximate surface area is 80.8 Å². The van der Waals surface area contributed by atoms with Crippen molar-refractivity contribution in [2.45, 2.75) is 13.3 Å². The van der Waals surface area contributed by atoms with E-state index in [-0.39, 0.29) is 12.4 Å². The van der Waals surface area contributed by atoms with Gasteiger partial charge in [0.05, 0.1) is 5.70 Å². The molecule has 0 aromatic heterocycles. The quantitative estimate of drug-likeness (QED) is 0.671. The summed E-state index contributed by atoms with van der Waals surface area (Å²) in [6, 6.07) is 0. The Morgan fingerprint density at radius 3 is 2.50 bits per heavy atom.